The Labute approximate surface area is 156 Å². The molecule has 0 radical (unpaired) electrons. The molecule has 1 N–H and O–H groups in total. The number of benzene rings is 1. The number of anilines is 1. The number of para-hydroxylation sites is 2. The predicted molar refractivity (Wildman–Crippen MR) is 107 cm³/mol. The standard InChI is InChI=1S/C21H32N4O/c1-15(2)11-13-25-19-10-6-5-9-18(19)23-21(25)24-12-7-8-17(14-24)20(26)22-16(3)4/h5-6,9-10,15-17H,7-8,11-14H2,1-4H3,(H,22,26)/t17-/m0/s1. The van der Waals surface area contributed by atoms with E-state index in [2.05, 4.69) is 46.8 Å². The van der Waals surface area contributed by atoms with E-state index in [0.717, 1.165) is 50.4 Å². The summed E-state index contributed by atoms with van der Waals surface area (Å²) in [6.07, 6.45) is 3.11. The molecule has 26 heavy (non-hydrogen) atoms. The van der Waals surface area contributed by atoms with Crippen LogP contribution in [0.1, 0.15) is 47.0 Å². The molecule has 1 saturated heterocycles. The molecule has 1 atom stereocenters. The Morgan fingerprint density at radius 2 is 2.04 bits per heavy atom. The second-order valence-electron chi connectivity index (χ2n) is 8.18. The van der Waals surface area contributed by atoms with Gasteiger partial charge in [-0.2, -0.15) is 0 Å². The van der Waals surface area contributed by atoms with Crippen LogP contribution >= 0.6 is 0 Å². The molecule has 1 aliphatic heterocycles. The highest BCUT2D eigenvalue weighted by Gasteiger charge is 2.28. The molecule has 0 spiro atoms. The fourth-order valence-corrected chi connectivity index (χ4v) is 3.69. The third kappa shape index (κ3) is 4.19. The first-order valence-electron chi connectivity index (χ1n) is 9.96. The maximum absolute atomic E-state index is 12.5. The zero-order valence-corrected chi connectivity index (χ0v) is 16.5. The van der Waals surface area contributed by atoms with Gasteiger partial charge in [0.25, 0.3) is 0 Å². The van der Waals surface area contributed by atoms with Gasteiger partial charge < -0.3 is 14.8 Å². The summed E-state index contributed by atoms with van der Waals surface area (Å²) in [7, 11) is 0. The van der Waals surface area contributed by atoms with Gasteiger partial charge in [0.15, 0.2) is 0 Å². The number of imidazole rings is 1. The highest BCUT2D eigenvalue weighted by Crippen LogP contribution is 2.28. The summed E-state index contributed by atoms with van der Waals surface area (Å²) in [5, 5.41) is 3.07. The molecule has 1 amide bonds. The maximum Gasteiger partial charge on any atom is 0.225 e. The Bertz CT molecular complexity index is 750. The Hall–Kier alpha value is -2.04. The normalized spacial score (nSPS) is 18.1. The van der Waals surface area contributed by atoms with Gasteiger partial charge in [-0.1, -0.05) is 26.0 Å². The Morgan fingerprint density at radius 3 is 2.77 bits per heavy atom. The fourth-order valence-electron chi connectivity index (χ4n) is 3.69. The Morgan fingerprint density at radius 1 is 1.27 bits per heavy atom. The molecule has 1 aromatic carbocycles. The number of fused-ring (bicyclic) bond motifs is 1. The van der Waals surface area contributed by atoms with Crippen LogP contribution in [-0.4, -0.2) is 34.6 Å². The molecule has 2 heterocycles. The second-order valence-corrected chi connectivity index (χ2v) is 8.18. The van der Waals surface area contributed by atoms with E-state index in [4.69, 9.17) is 4.98 Å². The van der Waals surface area contributed by atoms with E-state index in [-0.39, 0.29) is 17.9 Å². The molecule has 0 saturated carbocycles. The molecule has 0 aliphatic carbocycles. The molecule has 0 unspecified atom stereocenters. The van der Waals surface area contributed by atoms with Gasteiger partial charge in [0.05, 0.1) is 17.0 Å². The lowest BCUT2D eigenvalue weighted by Crippen LogP contribution is -2.45. The van der Waals surface area contributed by atoms with Crippen molar-refractivity contribution >= 4 is 22.9 Å². The minimum atomic E-state index is 0.0458. The lowest BCUT2D eigenvalue weighted by Gasteiger charge is -2.33. The van der Waals surface area contributed by atoms with Crippen molar-refractivity contribution in [2.45, 2.75) is 59.5 Å². The van der Waals surface area contributed by atoms with Crippen molar-refractivity contribution in [3.8, 4) is 0 Å². The van der Waals surface area contributed by atoms with Crippen LogP contribution in [0, 0.1) is 11.8 Å². The largest absolute Gasteiger partial charge is 0.354 e. The topological polar surface area (TPSA) is 50.2 Å². The fraction of sp³-hybridized carbons (Fsp3) is 0.619. The quantitative estimate of drug-likeness (QED) is 0.856. The van der Waals surface area contributed by atoms with E-state index >= 15 is 0 Å². The number of carbonyl (C=O) groups excluding carboxylic acids is 1. The summed E-state index contributed by atoms with van der Waals surface area (Å²) in [5.74, 6) is 1.89. The smallest absolute Gasteiger partial charge is 0.225 e. The SMILES string of the molecule is CC(C)CCn1c(N2CCC[C@H](C(=O)NC(C)C)C2)nc2ccccc21. The summed E-state index contributed by atoms with van der Waals surface area (Å²) in [6, 6.07) is 8.54. The first kappa shape index (κ1) is 18.7. The molecule has 2 aromatic rings. The van der Waals surface area contributed by atoms with Crippen molar-refractivity contribution in [3.63, 3.8) is 0 Å². The minimum Gasteiger partial charge on any atom is -0.354 e. The average Bonchev–Trinajstić information content (AvgIpc) is 2.98. The molecule has 1 aromatic heterocycles. The van der Waals surface area contributed by atoms with Crippen molar-refractivity contribution in [1.82, 2.24) is 14.9 Å². The number of rotatable bonds is 6. The zero-order chi connectivity index (χ0) is 18.7. The van der Waals surface area contributed by atoms with Gasteiger partial charge in [-0.25, -0.2) is 4.98 Å². The van der Waals surface area contributed by atoms with E-state index in [1.165, 1.54) is 5.52 Å². The van der Waals surface area contributed by atoms with Crippen LogP contribution in [0.5, 0.6) is 0 Å². The lowest BCUT2D eigenvalue weighted by atomic mass is 9.97. The van der Waals surface area contributed by atoms with Crippen LogP contribution in [-0.2, 0) is 11.3 Å². The van der Waals surface area contributed by atoms with Crippen molar-refractivity contribution in [1.29, 1.82) is 0 Å². The zero-order valence-electron chi connectivity index (χ0n) is 16.5. The van der Waals surface area contributed by atoms with Crippen LogP contribution in [0.3, 0.4) is 0 Å². The molecule has 142 valence electrons. The molecular formula is C21H32N4O. The van der Waals surface area contributed by atoms with Crippen LogP contribution in [0.2, 0.25) is 0 Å². The van der Waals surface area contributed by atoms with Crippen LogP contribution < -0.4 is 10.2 Å². The summed E-state index contributed by atoms with van der Waals surface area (Å²) in [4.78, 5) is 19.7. The number of aryl methyl sites for hydroxylation is 1. The van der Waals surface area contributed by atoms with Crippen molar-refractivity contribution in [2.75, 3.05) is 18.0 Å². The van der Waals surface area contributed by atoms with E-state index in [1.807, 2.05) is 19.9 Å². The Kier molecular flexibility index (Phi) is 5.84. The second kappa shape index (κ2) is 8.11. The summed E-state index contributed by atoms with van der Waals surface area (Å²) < 4.78 is 2.35. The van der Waals surface area contributed by atoms with Gasteiger partial charge >= 0.3 is 0 Å². The van der Waals surface area contributed by atoms with Gasteiger partial charge in [0.2, 0.25) is 11.9 Å². The number of aromatic nitrogens is 2. The van der Waals surface area contributed by atoms with E-state index < -0.39 is 0 Å². The van der Waals surface area contributed by atoms with Crippen LogP contribution in [0.15, 0.2) is 24.3 Å². The number of piperidine rings is 1. The molecule has 5 heteroatoms. The van der Waals surface area contributed by atoms with Gasteiger partial charge in [-0.15, -0.1) is 0 Å². The minimum absolute atomic E-state index is 0.0458. The summed E-state index contributed by atoms with van der Waals surface area (Å²) in [6.45, 7) is 11.2. The Balaban J connectivity index is 1.86. The number of nitrogens with one attached hydrogen (secondary N) is 1. The van der Waals surface area contributed by atoms with Crippen molar-refractivity contribution < 1.29 is 4.79 Å². The molecule has 5 nitrogen and oxygen atoms in total. The first-order valence-corrected chi connectivity index (χ1v) is 9.96. The molecule has 1 aliphatic rings. The summed E-state index contributed by atoms with van der Waals surface area (Å²) in [5.41, 5.74) is 2.23. The predicted octanol–water partition coefficient (Wildman–Crippen LogP) is 3.82. The number of nitrogens with zero attached hydrogens (tertiary/aromatic N) is 3. The third-order valence-electron chi connectivity index (χ3n) is 5.07. The van der Waals surface area contributed by atoms with Crippen molar-refractivity contribution in [3.05, 3.63) is 24.3 Å². The number of carbonyl (C=O) groups is 1. The van der Waals surface area contributed by atoms with Gasteiger partial charge in [-0.05, 0) is 51.2 Å². The van der Waals surface area contributed by atoms with Crippen LogP contribution in [0.4, 0.5) is 5.95 Å². The van der Waals surface area contributed by atoms with Crippen LogP contribution in [0.25, 0.3) is 11.0 Å². The van der Waals surface area contributed by atoms with Gasteiger partial charge in [0, 0.05) is 25.7 Å². The number of amides is 1. The third-order valence-corrected chi connectivity index (χ3v) is 5.07. The molecular weight excluding hydrogens is 324 g/mol. The average molecular weight is 357 g/mol. The van der Waals surface area contributed by atoms with E-state index in [0.29, 0.717) is 5.92 Å². The number of hydrogen-bond donors (Lipinski definition) is 1. The number of hydrogen-bond acceptors (Lipinski definition) is 3. The monoisotopic (exact) mass is 356 g/mol. The molecule has 3 rings (SSSR count). The van der Waals surface area contributed by atoms with Crippen molar-refractivity contribution in [2.24, 2.45) is 11.8 Å². The van der Waals surface area contributed by atoms with E-state index in [9.17, 15) is 4.79 Å². The molecule has 0 bridgehead atoms. The van der Waals surface area contributed by atoms with Gasteiger partial charge in [0.1, 0.15) is 0 Å². The highest BCUT2D eigenvalue weighted by molar-refractivity contribution is 5.81. The summed E-state index contributed by atoms with van der Waals surface area (Å²) >= 11 is 0. The van der Waals surface area contributed by atoms with Gasteiger partial charge in [-0.3, -0.25) is 4.79 Å². The lowest BCUT2D eigenvalue weighted by molar-refractivity contribution is -0.125. The maximum atomic E-state index is 12.5. The molecule has 1 fully saturated rings. The van der Waals surface area contributed by atoms with E-state index in [1.54, 1.807) is 0 Å². The highest BCUT2D eigenvalue weighted by atomic mass is 16.2. The first-order chi connectivity index (χ1) is 12.5.